The molecular formula is C16H11Cl2NO. The Labute approximate surface area is 127 Å². The van der Waals surface area contributed by atoms with Crippen molar-refractivity contribution in [3.05, 3.63) is 57.6 Å². The van der Waals surface area contributed by atoms with E-state index >= 15 is 0 Å². The number of carbonyl (C=O) groups is 1. The number of nitrogens with zero attached hydrogens (tertiary/aromatic N) is 1. The molecule has 1 heterocycles. The molecule has 20 heavy (non-hydrogen) atoms. The highest BCUT2D eigenvalue weighted by molar-refractivity contribution is 6.31. The van der Waals surface area contributed by atoms with Crippen molar-refractivity contribution in [2.45, 2.75) is 6.92 Å². The fourth-order valence-corrected chi connectivity index (χ4v) is 2.73. The van der Waals surface area contributed by atoms with Gasteiger partial charge in [-0.3, -0.25) is 9.69 Å². The van der Waals surface area contributed by atoms with Crippen LogP contribution in [-0.2, 0) is 4.79 Å². The summed E-state index contributed by atoms with van der Waals surface area (Å²) in [5.41, 5.74) is 3.44. The Balaban J connectivity index is 2.30. The van der Waals surface area contributed by atoms with Crippen LogP contribution in [0.2, 0.25) is 10.0 Å². The lowest BCUT2D eigenvalue weighted by Gasteiger charge is -2.23. The van der Waals surface area contributed by atoms with E-state index in [1.807, 2.05) is 36.4 Å². The molecular weight excluding hydrogens is 293 g/mol. The standard InChI is InChI=1S/C16H11Cl2NO/c1-10(20)19-15-6-4-13(17)8-11(15)2-3-12-9-14(18)5-7-16(12)19/h2-9H,1H3. The van der Waals surface area contributed by atoms with Crippen LogP contribution >= 0.6 is 23.2 Å². The summed E-state index contributed by atoms with van der Waals surface area (Å²) >= 11 is 12.1. The van der Waals surface area contributed by atoms with E-state index in [0.29, 0.717) is 10.0 Å². The van der Waals surface area contributed by atoms with Gasteiger partial charge in [0.25, 0.3) is 0 Å². The Morgan fingerprint density at radius 3 is 1.75 bits per heavy atom. The van der Waals surface area contributed by atoms with Gasteiger partial charge in [0.15, 0.2) is 0 Å². The van der Waals surface area contributed by atoms with Crippen LogP contribution in [0.5, 0.6) is 0 Å². The van der Waals surface area contributed by atoms with Gasteiger partial charge in [-0.2, -0.15) is 0 Å². The smallest absolute Gasteiger partial charge is 0.228 e. The first kappa shape index (κ1) is 13.2. The summed E-state index contributed by atoms with van der Waals surface area (Å²) in [7, 11) is 0. The van der Waals surface area contributed by atoms with E-state index in [4.69, 9.17) is 23.2 Å². The molecule has 1 amide bonds. The summed E-state index contributed by atoms with van der Waals surface area (Å²) in [6.45, 7) is 1.54. The maximum absolute atomic E-state index is 12.1. The van der Waals surface area contributed by atoms with Crippen molar-refractivity contribution in [1.29, 1.82) is 0 Å². The number of hydrogen-bond donors (Lipinski definition) is 0. The molecule has 1 aliphatic rings. The third-order valence-corrected chi connectivity index (χ3v) is 3.69. The van der Waals surface area contributed by atoms with Crippen molar-refractivity contribution in [3.8, 4) is 0 Å². The van der Waals surface area contributed by atoms with Gasteiger partial charge in [0.05, 0.1) is 11.4 Å². The maximum Gasteiger partial charge on any atom is 0.228 e. The highest BCUT2D eigenvalue weighted by Crippen LogP contribution is 2.38. The molecule has 0 aliphatic carbocycles. The molecule has 0 N–H and O–H groups in total. The van der Waals surface area contributed by atoms with Crippen LogP contribution < -0.4 is 4.90 Å². The lowest BCUT2D eigenvalue weighted by atomic mass is 10.1. The lowest BCUT2D eigenvalue weighted by molar-refractivity contribution is -0.115. The molecule has 0 fully saturated rings. The van der Waals surface area contributed by atoms with Gasteiger partial charge in [-0.25, -0.2) is 0 Å². The van der Waals surface area contributed by atoms with Crippen LogP contribution in [0.4, 0.5) is 11.4 Å². The van der Waals surface area contributed by atoms with Gasteiger partial charge in [0.1, 0.15) is 0 Å². The van der Waals surface area contributed by atoms with E-state index in [9.17, 15) is 4.79 Å². The number of hydrogen-bond acceptors (Lipinski definition) is 1. The number of amides is 1. The number of anilines is 2. The molecule has 0 saturated heterocycles. The average Bonchev–Trinajstić information content (AvgIpc) is 2.55. The average molecular weight is 304 g/mol. The van der Waals surface area contributed by atoms with Crippen LogP contribution in [-0.4, -0.2) is 5.91 Å². The molecule has 2 aromatic carbocycles. The Morgan fingerprint density at radius 1 is 0.900 bits per heavy atom. The second-order valence-electron chi connectivity index (χ2n) is 4.59. The zero-order valence-electron chi connectivity index (χ0n) is 10.7. The molecule has 0 saturated carbocycles. The molecule has 100 valence electrons. The number of fused-ring (bicyclic) bond motifs is 2. The minimum atomic E-state index is -0.0548. The second-order valence-corrected chi connectivity index (χ2v) is 5.47. The molecule has 0 atom stereocenters. The van der Waals surface area contributed by atoms with Crippen LogP contribution in [0.1, 0.15) is 18.1 Å². The first-order valence-electron chi connectivity index (χ1n) is 6.14. The Bertz CT molecular complexity index is 682. The molecule has 0 unspecified atom stereocenters. The molecule has 2 aromatic rings. The summed E-state index contributed by atoms with van der Waals surface area (Å²) in [4.78, 5) is 13.8. The Kier molecular flexibility index (Phi) is 3.28. The van der Waals surface area contributed by atoms with Crippen LogP contribution in [0.25, 0.3) is 12.2 Å². The molecule has 0 radical (unpaired) electrons. The minimum Gasteiger partial charge on any atom is -0.280 e. The predicted molar refractivity (Wildman–Crippen MR) is 84.7 cm³/mol. The largest absolute Gasteiger partial charge is 0.280 e. The SMILES string of the molecule is CC(=O)N1c2ccc(Cl)cc2C=Cc2cc(Cl)ccc21. The summed E-state index contributed by atoms with van der Waals surface area (Å²) in [5, 5.41) is 1.28. The number of halogens is 2. The molecule has 4 heteroatoms. The van der Waals surface area contributed by atoms with Crippen molar-refractivity contribution < 1.29 is 4.79 Å². The van der Waals surface area contributed by atoms with Gasteiger partial charge >= 0.3 is 0 Å². The molecule has 3 rings (SSSR count). The Morgan fingerprint density at radius 2 is 1.35 bits per heavy atom. The van der Waals surface area contributed by atoms with Crippen LogP contribution in [0.15, 0.2) is 36.4 Å². The van der Waals surface area contributed by atoms with Gasteiger partial charge in [0, 0.05) is 28.1 Å². The molecule has 0 aromatic heterocycles. The maximum atomic E-state index is 12.1. The number of carbonyl (C=O) groups excluding carboxylic acids is 1. The highest BCUT2D eigenvalue weighted by atomic mass is 35.5. The van der Waals surface area contributed by atoms with Gasteiger partial charge in [-0.05, 0) is 36.4 Å². The van der Waals surface area contributed by atoms with Crippen molar-refractivity contribution in [1.82, 2.24) is 0 Å². The normalized spacial score (nSPS) is 12.7. The van der Waals surface area contributed by atoms with Gasteiger partial charge < -0.3 is 0 Å². The van der Waals surface area contributed by atoms with Crippen LogP contribution in [0.3, 0.4) is 0 Å². The topological polar surface area (TPSA) is 20.3 Å². The number of benzene rings is 2. The first-order chi connectivity index (χ1) is 9.56. The lowest BCUT2D eigenvalue weighted by Crippen LogP contribution is -2.23. The van der Waals surface area contributed by atoms with E-state index in [1.54, 1.807) is 24.0 Å². The van der Waals surface area contributed by atoms with Gasteiger partial charge in [-0.15, -0.1) is 0 Å². The van der Waals surface area contributed by atoms with Crippen molar-refractivity contribution in [3.63, 3.8) is 0 Å². The zero-order chi connectivity index (χ0) is 14.3. The van der Waals surface area contributed by atoms with Crippen molar-refractivity contribution in [2.75, 3.05) is 4.90 Å². The van der Waals surface area contributed by atoms with Crippen molar-refractivity contribution >= 4 is 52.6 Å². The zero-order valence-corrected chi connectivity index (χ0v) is 12.2. The first-order valence-corrected chi connectivity index (χ1v) is 6.90. The monoisotopic (exact) mass is 303 g/mol. The fourth-order valence-electron chi connectivity index (χ4n) is 2.37. The second kappa shape index (κ2) is 4.97. The summed E-state index contributed by atoms with van der Waals surface area (Å²) in [6, 6.07) is 11.0. The predicted octanol–water partition coefficient (Wildman–Crippen LogP) is 5.16. The van der Waals surface area contributed by atoms with E-state index in [0.717, 1.165) is 22.5 Å². The third kappa shape index (κ3) is 2.21. The van der Waals surface area contributed by atoms with E-state index < -0.39 is 0 Å². The molecule has 1 aliphatic heterocycles. The molecule has 2 nitrogen and oxygen atoms in total. The summed E-state index contributed by atoms with van der Waals surface area (Å²) < 4.78 is 0. The van der Waals surface area contributed by atoms with E-state index in [2.05, 4.69) is 0 Å². The van der Waals surface area contributed by atoms with Gasteiger partial charge in [-0.1, -0.05) is 35.4 Å². The quantitative estimate of drug-likeness (QED) is 0.658. The fraction of sp³-hybridized carbons (Fsp3) is 0.0625. The Hall–Kier alpha value is -1.77. The summed E-state index contributed by atoms with van der Waals surface area (Å²) in [6.07, 6.45) is 3.89. The van der Waals surface area contributed by atoms with E-state index in [-0.39, 0.29) is 5.91 Å². The highest BCUT2D eigenvalue weighted by Gasteiger charge is 2.21. The minimum absolute atomic E-state index is 0.0548. The van der Waals surface area contributed by atoms with Crippen LogP contribution in [0, 0.1) is 0 Å². The van der Waals surface area contributed by atoms with E-state index in [1.165, 1.54) is 0 Å². The summed E-state index contributed by atoms with van der Waals surface area (Å²) in [5.74, 6) is -0.0548. The number of rotatable bonds is 0. The molecule has 0 bridgehead atoms. The van der Waals surface area contributed by atoms with Gasteiger partial charge in [0.2, 0.25) is 5.91 Å². The van der Waals surface area contributed by atoms with Crippen molar-refractivity contribution in [2.24, 2.45) is 0 Å². The molecule has 0 spiro atoms. The third-order valence-electron chi connectivity index (χ3n) is 3.22.